The van der Waals surface area contributed by atoms with Gasteiger partial charge in [-0.2, -0.15) is 0 Å². The van der Waals surface area contributed by atoms with Crippen LogP contribution in [-0.2, 0) is 14.4 Å². The van der Waals surface area contributed by atoms with Crippen molar-refractivity contribution in [1.29, 1.82) is 0 Å². The molecule has 0 saturated heterocycles. The summed E-state index contributed by atoms with van der Waals surface area (Å²) in [6.45, 7) is 0. The molecule has 80 valence electrons. The molecule has 0 aromatic carbocycles. The third-order valence-corrected chi connectivity index (χ3v) is 2.59. The standard InChI is InChI=1S/C7H11NO5S/c8-5(7(12)13)3-14-4(2-9)1-6(10)11/h2,4-5H,1,3,8H2,(H,10,11)(H,12,13)/t4?,5-/m0/s1. The van der Waals surface area contributed by atoms with E-state index in [0.29, 0.717) is 6.29 Å². The Morgan fingerprint density at radius 1 is 1.43 bits per heavy atom. The number of aldehydes is 1. The lowest BCUT2D eigenvalue weighted by atomic mass is 10.3. The molecule has 0 fully saturated rings. The summed E-state index contributed by atoms with van der Waals surface area (Å²) in [5.74, 6) is -2.25. The first-order valence-electron chi connectivity index (χ1n) is 3.74. The number of rotatable bonds is 7. The van der Waals surface area contributed by atoms with Crippen molar-refractivity contribution in [1.82, 2.24) is 0 Å². The maximum atomic E-state index is 10.4. The van der Waals surface area contributed by atoms with E-state index >= 15 is 0 Å². The van der Waals surface area contributed by atoms with Crippen LogP contribution in [0.15, 0.2) is 0 Å². The Hall–Kier alpha value is -1.08. The molecule has 0 rings (SSSR count). The Bertz CT molecular complexity index is 232. The Balaban J connectivity index is 3.89. The normalized spacial score (nSPS) is 14.4. The number of carboxylic acids is 2. The second-order valence-electron chi connectivity index (χ2n) is 2.55. The van der Waals surface area contributed by atoms with Crippen molar-refractivity contribution in [2.24, 2.45) is 5.73 Å². The molecule has 0 bridgehead atoms. The van der Waals surface area contributed by atoms with Crippen LogP contribution in [0.5, 0.6) is 0 Å². The van der Waals surface area contributed by atoms with E-state index < -0.39 is 23.2 Å². The van der Waals surface area contributed by atoms with Crippen LogP contribution < -0.4 is 5.73 Å². The van der Waals surface area contributed by atoms with Gasteiger partial charge in [0.2, 0.25) is 0 Å². The fourth-order valence-electron chi connectivity index (χ4n) is 0.617. The van der Waals surface area contributed by atoms with Crippen LogP contribution in [0.3, 0.4) is 0 Å². The molecule has 0 aliphatic rings. The van der Waals surface area contributed by atoms with Gasteiger partial charge in [-0.25, -0.2) is 0 Å². The zero-order valence-electron chi connectivity index (χ0n) is 7.25. The molecule has 6 nitrogen and oxygen atoms in total. The minimum Gasteiger partial charge on any atom is -0.481 e. The van der Waals surface area contributed by atoms with Crippen molar-refractivity contribution in [3.05, 3.63) is 0 Å². The van der Waals surface area contributed by atoms with Crippen molar-refractivity contribution in [2.45, 2.75) is 17.7 Å². The van der Waals surface area contributed by atoms with Crippen molar-refractivity contribution in [3.8, 4) is 0 Å². The van der Waals surface area contributed by atoms with Crippen LogP contribution >= 0.6 is 11.8 Å². The first-order chi connectivity index (χ1) is 6.47. The number of hydrogen-bond donors (Lipinski definition) is 3. The summed E-state index contributed by atoms with van der Waals surface area (Å²) in [4.78, 5) is 30.9. The molecular formula is C7H11NO5S. The lowest BCUT2D eigenvalue weighted by molar-refractivity contribution is -0.138. The van der Waals surface area contributed by atoms with Gasteiger partial charge in [-0.15, -0.1) is 11.8 Å². The van der Waals surface area contributed by atoms with Gasteiger partial charge in [0, 0.05) is 5.75 Å². The van der Waals surface area contributed by atoms with Crippen molar-refractivity contribution >= 4 is 30.0 Å². The molecule has 0 amide bonds. The van der Waals surface area contributed by atoms with E-state index in [9.17, 15) is 14.4 Å². The minimum atomic E-state index is -1.17. The summed E-state index contributed by atoms with van der Waals surface area (Å²) in [7, 11) is 0. The Morgan fingerprint density at radius 3 is 2.36 bits per heavy atom. The van der Waals surface area contributed by atoms with E-state index in [1.54, 1.807) is 0 Å². The number of aliphatic carboxylic acids is 2. The minimum absolute atomic E-state index is 0.0199. The van der Waals surface area contributed by atoms with Crippen molar-refractivity contribution < 1.29 is 24.6 Å². The molecule has 0 aliphatic heterocycles. The highest BCUT2D eigenvalue weighted by Crippen LogP contribution is 2.13. The summed E-state index contributed by atoms with van der Waals surface area (Å²) in [6.07, 6.45) is 0.161. The fourth-order valence-corrected chi connectivity index (χ4v) is 1.55. The average Bonchev–Trinajstić information content (AvgIpc) is 2.10. The highest BCUT2D eigenvalue weighted by Gasteiger charge is 2.17. The predicted octanol–water partition coefficient (Wildman–Crippen LogP) is -0.826. The maximum absolute atomic E-state index is 10.4. The van der Waals surface area contributed by atoms with Crippen LogP contribution in [0.1, 0.15) is 6.42 Å². The molecule has 2 atom stereocenters. The molecule has 0 heterocycles. The molecule has 7 heteroatoms. The molecule has 1 unspecified atom stereocenters. The molecule has 0 aliphatic carbocycles. The second-order valence-corrected chi connectivity index (χ2v) is 3.82. The lowest BCUT2D eigenvalue weighted by Gasteiger charge is -2.09. The highest BCUT2D eigenvalue weighted by atomic mass is 32.2. The van der Waals surface area contributed by atoms with E-state index in [1.165, 1.54) is 0 Å². The number of thioether (sulfide) groups is 1. The van der Waals surface area contributed by atoms with Gasteiger partial charge in [0.1, 0.15) is 12.3 Å². The topological polar surface area (TPSA) is 118 Å². The molecular weight excluding hydrogens is 210 g/mol. The first-order valence-corrected chi connectivity index (χ1v) is 4.79. The van der Waals surface area contributed by atoms with Gasteiger partial charge in [0.05, 0.1) is 11.7 Å². The number of carboxylic acid groups (broad SMARTS) is 2. The summed E-state index contributed by atoms with van der Waals surface area (Å²) in [6, 6.07) is -1.07. The van der Waals surface area contributed by atoms with E-state index in [-0.39, 0.29) is 12.2 Å². The smallest absolute Gasteiger partial charge is 0.321 e. The fraction of sp³-hybridized carbons (Fsp3) is 0.571. The van der Waals surface area contributed by atoms with Gasteiger partial charge in [-0.05, 0) is 0 Å². The Labute approximate surface area is 84.5 Å². The van der Waals surface area contributed by atoms with E-state index in [0.717, 1.165) is 11.8 Å². The monoisotopic (exact) mass is 221 g/mol. The SMILES string of the molecule is N[C@@H](CSC(C=O)CC(=O)O)C(=O)O. The van der Waals surface area contributed by atoms with Gasteiger partial charge in [-0.1, -0.05) is 0 Å². The van der Waals surface area contributed by atoms with E-state index in [2.05, 4.69) is 0 Å². The van der Waals surface area contributed by atoms with E-state index in [4.69, 9.17) is 15.9 Å². The van der Waals surface area contributed by atoms with Gasteiger partial charge >= 0.3 is 11.9 Å². The van der Waals surface area contributed by atoms with Crippen molar-refractivity contribution in [3.63, 3.8) is 0 Å². The quantitative estimate of drug-likeness (QED) is 0.480. The molecule has 0 saturated carbocycles. The third-order valence-electron chi connectivity index (χ3n) is 1.33. The molecule has 0 radical (unpaired) electrons. The summed E-state index contributed by atoms with van der Waals surface area (Å²) < 4.78 is 0. The van der Waals surface area contributed by atoms with Gasteiger partial charge in [0.15, 0.2) is 0 Å². The summed E-state index contributed by atoms with van der Waals surface area (Å²) in [5.41, 5.74) is 5.17. The van der Waals surface area contributed by atoms with Crippen LogP contribution in [0, 0.1) is 0 Å². The zero-order valence-corrected chi connectivity index (χ0v) is 8.07. The number of hydrogen-bond acceptors (Lipinski definition) is 5. The first kappa shape index (κ1) is 12.9. The molecule has 14 heavy (non-hydrogen) atoms. The Morgan fingerprint density at radius 2 is 2.00 bits per heavy atom. The van der Waals surface area contributed by atoms with Crippen LogP contribution in [0.2, 0.25) is 0 Å². The predicted molar refractivity (Wildman–Crippen MR) is 50.2 cm³/mol. The lowest BCUT2D eigenvalue weighted by Crippen LogP contribution is -2.33. The van der Waals surface area contributed by atoms with Crippen molar-refractivity contribution in [2.75, 3.05) is 5.75 Å². The average molecular weight is 221 g/mol. The second kappa shape index (κ2) is 6.39. The maximum Gasteiger partial charge on any atom is 0.321 e. The number of carbonyl (C=O) groups excluding carboxylic acids is 1. The van der Waals surface area contributed by atoms with Gasteiger partial charge in [0.25, 0.3) is 0 Å². The van der Waals surface area contributed by atoms with Crippen LogP contribution in [0.4, 0.5) is 0 Å². The van der Waals surface area contributed by atoms with Crippen LogP contribution in [-0.4, -0.2) is 45.5 Å². The highest BCUT2D eigenvalue weighted by molar-refractivity contribution is 8.00. The number of carbonyl (C=O) groups is 3. The molecule has 0 aromatic rings. The van der Waals surface area contributed by atoms with E-state index in [1.807, 2.05) is 0 Å². The molecule has 4 N–H and O–H groups in total. The van der Waals surface area contributed by atoms with Gasteiger partial charge < -0.3 is 20.7 Å². The third kappa shape index (κ3) is 5.55. The summed E-state index contributed by atoms with van der Waals surface area (Å²) in [5, 5.41) is 16.0. The van der Waals surface area contributed by atoms with Crippen LogP contribution in [0.25, 0.3) is 0 Å². The number of nitrogens with two attached hydrogens (primary N) is 1. The zero-order chi connectivity index (χ0) is 11.1. The molecule has 0 spiro atoms. The Kier molecular flexibility index (Phi) is 5.89. The van der Waals surface area contributed by atoms with Gasteiger partial charge in [-0.3, -0.25) is 9.59 Å². The molecule has 0 aromatic heterocycles. The largest absolute Gasteiger partial charge is 0.481 e. The summed E-state index contributed by atoms with van der Waals surface area (Å²) >= 11 is 0.932.